The number of hydrogen-bond acceptors (Lipinski definition) is 6. The maximum atomic E-state index is 12.9. The Morgan fingerprint density at radius 1 is 1.00 bits per heavy atom. The van der Waals surface area contributed by atoms with Crippen molar-refractivity contribution >= 4 is 24.0 Å². The number of aliphatic carboxylic acids is 1. The SMILES string of the molecule is CN(C(=O)OCC1c2ccccc2-c2ccccc21)[C@H](Cc1ccc(NC(=O)OC(C)(C)C)nc1)C(=O)O. The summed E-state index contributed by atoms with van der Waals surface area (Å²) in [6.07, 6.45) is 0.0934. The van der Waals surface area contributed by atoms with E-state index in [1.165, 1.54) is 13.2 Å². The van der Waals surface area contributed by atoms with Gasteiger partial charge in [0.15, 0.2) is 0 Å². The average Bonchev–Trinajstić information content (AvgIpc) is 3.18. The third-order valence-corrected chi connectivity index (χ3v) is 6.26. The normalized spacial score (nSPS) is 13.2. The van der Waals surface area contributed by atoms with Gasteiger partial charge in [0.1, 0.15) is 24.1 Å². The number of fused-ring (bicyclic) bond motifs is 3. The van der Waals surface area contributed by atoms with Crippen LogP contribution in [-0.2, 0) is 20.7 Å². The number of carboxylic acid groups (broad SMARTS) is 1. The van der Waals surface area contributed by atoms with E-state index in [1.54, 1.807) is 32.9 Å². The van der Waals surface area contributed by atoms with Crippen LogP contribution in [0.25, 0.3) is 11.1 Å². The van der Waals surface area contributed by atoms with Crippen LogP contribution in [0.5, 0.6) is 0 Å². The number of pyridine rings is 1. The molecule has 3 aromatic rings. The van der Waals surface area contributed by atoms with Crippen molar-refractivity contribution in [2.24, 2.45) is 0 Å². The van der Waals surface area contributed by atoms with Crippen molar-refractivity contribution < 1.29 is 29.0 Å². The van der Waals surface area contributed by atoms with Gasteiger partial charge in [-0.1, -0.05) is 54.6 Å². The number of ether oxygens (including phenoxy) is 2. The average molecular weight is 518 g/mol. The summed E-state index contributed by atoms with van der Waals surface area (Å²) in [7, 11) is 1.41. The number of benzene rings is 2. The number of hydrogen-bond donors (Lipinski definition) is 2. The molecule has 0 fully saturated rings. The Morgan fingerprint density at radius 3 is 2.13 bits per heavy atom. The molecule has 4 rings (SSSR count). The fourth-order valence-electron chi connectivity index (χ4n) is 4.46. The summed E-state index contributed by atoms with van der Waals surface area (Å²) in [6.45, 7) is 5.35. The number of carboxylic acids is 1. The van der Waals surface area contributed by atoms with E-state index in [1.807, 2.05) is 48.5 Å². The van der Waals surface area contributed by atoms with E-state index >= 15 is 0 Å². The van der Waals surface area contributed by atoms with Gasteiger partial charge in [0.05, 0.1) is 0 Å². The fraction of sp³-hybridized carbons (Fsp3) is 0.310. The van der Waals surface area contributed by atoms with Gasteiger partial charge in [0, 0.05) is 25.6 Å². The summed E-state index contributed by atoms with van der Waals surface area (Å²) in [5, 5.41) is 12.4. The first kappa shape index (κ1) is 26.7. The highest BCUT2D eigenvalue weighted by molar-refractivity contribution is 5.84. The molecule has 9 heteroatoms. The van der Waals surface area contributed by atoms with Crippen LogP contribution >= 0.6 is 0 Å². The quantitative estimate of drug-likeness (QED) is 0.436. The molecule has 0 bridgehead atoms. The van der Waals surface area contributed by atoms with Crippen LogP contribution < -0.4 is 5.32 Å². The van der Waals surface area contributed by atoms with Crippen molar-refractivity contribution in [3.63, 3.8) is 0 Å². The molecular weight excluding hydrogens is 486 g/mol. The van der Waals surface area contributed by atoms with Crippen LogP contribution in [0, 0.1) is 0 Å². The van der Waals surface area contributed by atoms with E-state index in [0.717, 1.165) is 27.2 Å². The molecule has 1 aliphatic carbocycles. The number of likely N-dealkylation sites (N-methyl/N-ethyl adjacent to an activating group) is 1. The molecule has 0 unspecified atom stereocenters. The maximum Gasteiger partial charge on any atom is 0.413 e. The number of carbonyl (C=O) groups is 3. The van der Waals surface area contributed by atoms with E-state index in [2.05, 4.69) is 10.3 Å². The summed E-state index contributed by atoms with van der Waals surface area (Å²) in [5.41, 5.74) is 4.29. The number of anilines is 1. The first-order valence-electron chi connectivity index (χ1n) is 12.3. The van der Waals surface area contributed by atoms with Crippen molar-refractivity contribution in [3.05, 3.63) is 83.6 Å². The van der Waals surface area contributed by atoms with Gasteiger partial charge in [-0.15, -0.1) is 0 Å². The largest absolute Gasteiger partial charge is 0.480 e. The lowest BCUT2D eigenvalue weighted by molar-refractivity contribution is -0.142. The minimum Gasteiger partial charge on any atom is -0.480 e. The summed E-state index contributed by atoms with van der Waals surface area (Å²) >= 11 is 0. The highest BCUT2D eigenvalue weighted by atomic mass is 16.6. The molecule has 2 amide bonds. The van der Waals surface area contributed by atoms with Gasteiger partial charge in [0.2, 0.25) is 0 Å². The van der Waals surface area contributed by atoms with Crippen molar-refractivity contribution in [1.82, 2.24) is 9.88 Å². The fourth-order valence-corrected chi connectivity index (χ4v) is 4.46. The summed E-state index contributed by atoms with van der Waals surface area (Å²) in [4.78, 5) is 42.1. The second kappa shape index (κ2) is 10.9. The molecule has 1 aliphatic rings. The van der Waals surface area contributed by atoms with Gasteiger partial charge in [-0.2, -0.15) is 0 Å². The van der Waals surface area contributed by atoms with Crippen molar-refractivity contribution in [2.45, 2.75) is 44.8 Å². The second-order valence-corrected chi connectivity index (χ2v) is 10.2. The molecule has 38 heavy (non-hydrogen) atoms. The molecule has 9 nitrogen and oxygen atoms in total. The summed E-state index contributed by atoms with van der Waals surface area (Å²) in [5.74, 6) is -1.03. The Bertz CT molecular complexity index is 1290. The number of nitrogens with one attached hydrogen (secondary N) is 1. The summed E-state index contributed by atoms with van der Waals surface area (Å²) < 4.78 is 10.8. The van der Waals surface area contributed by atoms with E-state index in [0.29, 0.717) is 5.56 Å². The molecule has 0 aliphatic heterocycles. The Labute approximate surface area is 221 Å². The van der Waals surface area contributed by atoms with Crippen molar-refractivity contribution in [3.8, 4) is 11.1 Å². The smallest absolute Gasteiger partial charge is 0.413 e. The van der Waals surface area contributed by atoms with Gasteiger partial charge >= 0.3 is 18.2 Å². The maximum absolute atomic E-state index is 12.9. The van der Waals surface area contributed by atoms with Gasteiger partial charge in [-0.3, -0.25) is 10.2 Å². The molecule has 0 spiro atoms. The Hall–Kier alpha value is -4.40. The highest BCUT2D eigenvalue weighted by Gasteiger charge is 2.32. The Balaban J connectivity index is 1.39. The highest BCUT2D eigenvalue weighted by Crippen LogP contribution is 2.44. The van der Waals surface area contributed by atoms with Crippen LogP contribution in [0.3, 0.4) is 0 Å². The Morgan fingerprint density at radius 2 is 1.61 bits per heavy atom. The predicted molar refractivity (Wildman–Crippen MR) is 142 cm³/mol. The molecule has 198 valence electrons. The monoisotopic (exact) mass is 517 g/mol. The first-order chi connectivity index (χ1) is 18.0. The van der Waals surface area contributed by atoms with Gasteiger partial charge in [-0.25, -0.2) is 19.4 Å². The number of carbonyl (C=O) groups excluding carboxylic acids is 2. The number of nitrogens with zero attached hydrogens (tertiary/aromatic N) is 2. The van der Waals surface area contributed by atoms with E-state index in [4.69, 9.17) is 9.47 Å². The molecule has 0 radical (unpaired) electrons. The zero-order valence-electron chi connectivity index (χ0n) is 21.8. The van der Waals surface area contributed by atoms with Crippen molar-refractivity contribution in [1.29, 1.82) is 0 Å². The van der Waals surface area contributed by atoms with Crippen LogP contribution in [0.15, 0.2) is 66.9 Å². The number of amides is 2. The predicted octanol–water partition coefficient (Wildman–Crippen LogP) is 5.31. The molecule has 2 N–H and O–H groups in total. The molecule has 0 saturated carbocycles. The number of rotatable bonds is 7. The molecule has 0 saturated heterocycles. The molecule has 1 heterocycles. The van der Waals surface area contributed by atoms with Crippen LogP contribution in [0.2, 0.25) is 0 Å². The third kappa shape index (κ3) is 6.11. The van der Waals surface area contributed by atoms with E-state index in [9.17, 15) is 19.5 Å². The van der Waals surface area contributed by atoms with Gasteiger partial charge in [-0.05, 0) is 54.7 Å². The lowest BCUT2D eigenvalue weighted by atomic mass is 9.98. The van der Waals surface area contributed by atoms with Gasteiger partial charge < -0.3 is 14.6 Å². The van der Waals surface area contributed by atoms with Crippen molar-refractivity contribution in [2.75, 3.05) is 19.0 Å². The Kier molecular flexibility index (Phi) is 7.66. The zero-order valence-corrected chi connectivity index (χ0v) is 21.8. The zero-order chi connectivity index (χ0) is 27.4. The van der Waals surface area contributed by atoms with E-state index in [-0.39, 0.29) is 24.8 Å². The molecular formula is C29H31N3O6. The number of aromatic nitrogens is 1. The lowest BCUT2D eigenvalue weighted by Gasteiger charge is -2.25. The van der Waals surface area contributed by atoms with Crippen LogP contribution in [0.4, 0.5) is 15.4 Å². The van der Waals surface area contributed by atoms with E-state index < -0.39 is 29.8 Å². The molecule has 2 aromatic carbocycles. The molecule has 1 atom stereocenters. The summed E-state index contributed by atoms with van der Waals surface area (Å²) in [6, 6.07) is 18.0. The van der Waals surface area contributed by atoms with Crippen LogP contribution in [0.1, 0.15) is 43.4 Å². The lowest BCUT2D eigenvalue weighted by Crippen LogP contribution is -2.44. The van der Waals surface area contributed by atoms with Gasteiger partial charge in [0.25, 0.3) is 0 Å². The minimum absolute atomic E-state index is 0.00967. The third-order valence-electron chi connectivity index (χ3n) is 6.26. The van der Waals surface area contributed by atoms with Crippen LogP contribution in [-0.4, -0.2) is 58.4 Å². The standard InChI is InChI=1S/C29H31N3O6/c1-29(2,3)38-27(35)31-25-14-13-18(16-30-25)15-24(26(33)34)32(4)28(36)37-17-23-21-11-7-5-9-19(21)20-10-6-8-12-22(20)23/h5-14,16,23-24H,15,17H2,1-4H3,(H,33,34)(H,30,31,35)/t24-/m1/s1. The topological polar surface area (TPSA) is 118 Å². The second-order valence-electron chi connectivity index (χ2n) is 10.2. The molecule has 1 aromatic heterocycles. The minimum atomic E-state index is -1.17. The first-order valence-corrected chi connectivity index (χ1v) is 12.3.